The highest BCUT2D eigenvalue weighted by atomic mass is 32.1. The third-order valence-corrected chi connectivity index (χ3v) is 3.74. The first-order valence-corrected chi connectivity index (χ1v) is 6.48. The number of aromatic amines is 1. The number of aromatic nitrogens is 5. The van der Waals surface area contributed by atoms with Crippen molar-refractivity contribution in [2.45, 2.75) is 13.8 Å². The zero-order valence-electron chi connectivity index (χ0n) is 10.7. The Kier molecular flexibility index (Phi) is 2.59. The minimum atomic E-state index is -0.173. The summed E-state index contributed by atoms with van der Waals surface area (Å²) in [5.74, 6) is 0.957. The van der Waals surface area contributed by atoms with E-state index in [1.54, 1.807) is 6.92 Å². The van der Waals surface area contributed by atoms with Crippen LogP contribution >= 0.6 is 11.5 Å². The molecule has 3 aromatic rings. The molecule has 0 spiro atoms. The standard InChI is InChI=1S/C11H12N6OS/c1-5-4-7(18)17-11(13-5)14-9(15-17)8-6(2)16-19-10(8)12-3/h4,12H,1-3H3,(H,13,14,15). The summed E-state index contributed by atoms with van der Waals surface area (Å²) < 4.78 is 5.62. The van der Waals surface area contributed by atoms with Crippen LogP contribution in [0.2, 0.25) is 0 Å². The molecule has 0 saturated heterocycles. The first-order chi connectivity index (χ1) is 9.10. The van der Waals surface area contributed by atoms with E-state index in [2.05, 4.69) is 24.8 Å². The van der Waals surface area contributed by atoms with E-state index in [4.69, 9.17) is 0 Å². The van der Waals surface area contributed by atoms with Gasteiger partial charge in [-0.15, -0.1) is 0 Å². The van der Waals surface area contributed by atoms with Gasteiger partial charge >= 0.3 is 0 Å². The molecule has 7 nitrogen and oxygen atoms in total. The van der Waals surface area contributed by atoms with Crippen LogP contribution in [0.4, 0.5) is 5.00 Å². The topological polar surface area (TPSA) is 88.0 Å². The third kappa shape index (κ3) is 1.80. The van der Waals surface area contributed by atoms with Gasteiger partial charge in [-0.1, -0.05) is 0 Å². The minimum Gasteiger partial charge on any atom is -0.378 e. The van der Waals surface area contributed by atoms with Crippen LogP contribution in [0.1, 0.15) is 11.4 Å². The second-order valence-corrected chi connectivity index (χ2v) is 4.94. The highest BCUT2D eigenvalue weighted by Gasteiger charge is 2.16. The number of nitrogens with zero attached hydrogens (tertiary/aromatic N) is 4. The minimum absolute atomic E-state index is 0.173. The van der Waals surface area contributed by atoms with Crippen LogP contribution in [0.25, 0.3) is 17.2 Å². The lowest BCUT2D eigenvalue weighted by molar-refractivity contribution is 0.892. The van der Waals surface area contributed by atoms with Crippen LogP contribution < -0.4 is 10.9 Å². The average molecular weight is 276 g/mol. The number of H-pyrrole nitrogens is 1. The van der Waals surface area contributed by atoms with Crippen molar-refractivity contribution in [3.05, 3.63) is 27.8 Å². The normalized spacial score (nSPS) is 11.1. The predicted octanol–water partition coefficient (Wildman–Crippen LogP) is 1.20. The molecular formula is C11H12N6OS. The van der Waals surface area contributed by atoms with Gasteiger partial charge in [-0.05, 0) is 25.4 Å². The Morgan fingerprint density at radius 3 is 2.89 bits per heavy atom. The molecule has 3 heterocycles. The number of aryl methyl sites for hydroxylation is 2. The zero-order chi connectivity index (χ0) is 13.6. The molecule has 3 rings (SSSR count). The Labute approximate surface area is 112 Å². The summed E-state index contributed by atoms with van der Waals surface area (Å²) in [6, 6.07) is 1.46. The van der Waals surface area contributed by atoms with Gasteiger partial charge in [-0.3, -0.25) is 9.89 Å². The molecule has 2 N–H and O–H groups in total. The van der Waals surface area contributed by atoms with Gasteiger partial charge in [-0.25, -0.2) is 4.98 Å². The quantitative estimate of drug-likeness (QED) is 0.734. The first-order valence-electron chi connectivity index (χ1n) is 5.71. The molecular weight excluding hydrogens is 264 g/mol. The van der Waals surface area contributed by atoms with Gasteiger partial charge in [0.2, 0.25) is 0 Å². The maximum atomic E-state index is 11.8. The maximum absolute atomic E-state index is 11.8. The van der Waals surface area contributed by atoms with Gasteiger partial charge in [0, 0.05) is 18.8 Å². The van der Waals surface area contributed by atoms with Crippen molar-refractivity contribution in [2.24, 2.45) is 0 Å². The Bertz CT molecular complexity index is 814. The lowest BCUT2D eigenvalue weighted by Crippen LogP contribution is -2.14. The highest BCUT2D eigenvalue weighted by Crippen LogP contribution is 2.32. The van der Waals surface area contributed by atoms with Crippen molar-refractivity contribution in [1.82, 2.24) is 24.0 Å². The average Bonchev–Trinajstić information content (AvgIpc) is 2.92. The molecule has 3 aromatic heterocycles. The van der Waals surface area contributed by atoms with Gasteiger partial charge < -0.3 is 5.32 Å². The van der Waals surface area contributed by atoms with Crippen molar-refractivity contribution in [3.8, 4) is 11.4 Å². The van der Waals surface area contributed by atoms with Gasteiger partial charge in [0.1, 0.15) is 5.00 Å². The fraction of sp³-hybridized carbons (Fsp3) is 0.273. The van der Waals surface area contributed by atoms with Crippen LogP contribution in [-0.4, -0.2) is 31.0 Å². The molecule has 19 heavy (non-hydrogen) atoms. The Morgan fingerprint density at radius 2 is 2.16 bits per heavy atom. The van der Waals surface area contributed by atoms with E-state index in [9.17, 15) is 4.79 Å². The van der Waals surface area contributed by atoms with E-state index in [-0.39, 0.29) is 5.56 Å². The molecule has 0 unspecified atom stereocenters. The van der Waals surface area contributed by atoms with Crippen molar-refractivity contribution in [2.75, 3.05) is 12.4 Å². The molecule has 0 aromatic carbocycles. The summed E-state index contributed by atoms with van der Waals surface area (Å²) in [6.45, 7) is 3.67. The SMILES string of the molecule is CNc1snc(C)c1-c1nc2nc(C)cc(=O)n2[nH]1. The molecule has 0 saturated carbocycles. The largest absolute Gasteiger partial charge is 0.378 e. The van der Waals surface area contributed by atoms with E-state index < -0.39 is 0 Å². The number of anilines is 1. The molecule has 0 aliphatic heterocycles. The summed E-state index contributed by atoms with van der Waals surface area (Å²) in [7, 11) is 1.83. The lowest BCUT2D eigenvalue weighted by atomic mass is 10.2. The summed E-state index contributed by atoms with van der Waals surface area (Å²) in [6.07, 6.45) is 0. The van der Waals surface area contributed by atoms with Crippen molar-refractivity contribution in [1.29, 1.82) is 0 Å². The second-order valence-electron chi connectivity index (χ2n) is 4.17. The van der Waals surface area contributed by atoms with Gasteiger partial charge in [0.25, 0.3) is 11.3 Å². The van der Waals surface area contributed by atoms with Crippen LogP contribution in [0, 0.1) is 13.8 Å². The van der Waals surface area contributed by atoms with E-state index in [0.29, 0.717) is 17.3 Å². The van der Waals surface area contributed by atoms with Gasteiger partial charge in [0.05, 0.1) is 11.3 Å². The fourth-order valence-corrected chi connectivity index (χ4v) is 2.67. The molecule has 0 atom stereocenters. The summed E-state index contributed by atoms with van der Waals surface area (Å²) in [5.41, 5.74) is 2.21. The fourth-order valence-electron chi connectivity index (χ4n) is 1.92. The van der Waals surface area contributed by atoms with Crippen LogP contribution in [0.5, 0.6) is 0 Å². The van der Waals surface area contributed by atoms with E-state index in [1.165, 1.54) is 22.1 Å². The molecule has 0 aliphatic rings. The number of fused-ring (bicyclic) bond motifs is 1. The molecule has 0 radical (unpaired) electrons. The molecule has 0 bridgehead atoms. The molecule has 0 amide bonds. The van der Waals surface area contributed by atoms with Crippen LogP contribution in [-0.2, 0) is 0 Å². The van der Waals surface area contributed by atoms with E-state index in [1.807, 2.05) is 14.0 Å². The zero-order valence-corrected chi connectivity index (χ0v) is 11.5. The van der Waals surface area contributed by atoms with E-state index in [0.717, 1.165) is 16.3 Å². The number of hydrogen-bond acceptors (Lipinski definition) is 6. The van der Waals surface area contributed by atoms with Crippen molar-refractivity contribution in [3.63, 3.8) is 0 Å². The molecule has 0 fully saturated rings. The second kappa shape index (κ2) is 4.16. The molecule has 98 valence electrons. The van der Waals surface area contributed by atoms with Crippen molar-refractivity contribution >= 4 is 22.3 Å². The predicted molar refractivity (Wildman–Crippen MR) is 73.7 cm³/mol. The van der Waals surface area contributed by atoms with E-state index >= 15 is 0 Å². The van der Waals surface area contributed by atoms with Gasteiger partial charge in [0.15, 0.2) is 5.82 Å². The van der Waals surface area contributed by atoms with Crippen molar-refractivity contribution < 1.29 is 0 Å². The van der Waals surface area contributed by atoms with Gasteiger partial charge in [-0.2, -0.15) is 13.9 Å². The Morgan fingerprint density at radius 1 is 1.37 bits per heavy atom. The summed E-state index contributed by atoms with van der Waals surface area (Å²) >= 11 is 1.36. The summed E-state index contributed by atoms with van der Waals surface area (Å²) in [4.78, 5) is 20.4. The first kappa shape index (κ1) is 11.8. The smallest absolute Gasteiger partial charge is 0.274 e. The Hall–Kier alpha value is -2.22. The highest BCUT2D eigenvalue weighted by molar-refractivity contribution is 7.10. The number of nitrogens with one attached hydrogen (secondary N) is 2. The molecule has 0 aliphatic carbocycles. The number of rotatable bonds is 2. The molecule has 8 heteroatoms. The van der Waals surface area contributed by atoms with Crippen LogP contribution in [0.15, 0.2) is 10.9 Å². The monoisotopic (exact) mass is 276 g/mol. The summed E-state index contributed by atoms with van der Waals surface area (Å²) in [5, 5.41) is 6.94. The lowest BCUT2D eigenvalue weighted by Gasteiger charge is -1.98. The Balaban J connectivity index is 2.29. The van der Waals surface area contributed by atoms with Crippen LogP contribution in [0.3, 0.4) is 0 Å². The maximum Gasteiger partial charge on any atom is 0.274 e. The number of hydrogen-bond donors (Lipinski definition) is 2. The third-order valence-electron chi connectivity index (χ3n) is 2.79.